The maximum absolute atomic E-state index is 13.4. The number of amides is 1. The lowest BCUT2D eigenvalue weighted by atomic mass is 9.96. The molecule has 0 bridgehead atoms. The van der Waals surface area contributed by atoms with Gasteiger partial charge in [0.15, 0.2) is 6.29 Å². The summed E-state index contributed by atoms with van der Waals surface area (Å²) in [6, 6.07) is 1.39. The van der Waals surface area contributed by atoms with Gasteiger partial charge in [-0.25, -0.2) is 13.6 Å². The number of carbonyl (C=O) groups is 1. The first kappa shape index (κ1) is 23.5. The molecule has 1 fully saturated rings. The number of morpholine rings is 1. The summed E-state index contributed by atoms with van der Waals surface area (Å²) in [5.41, 5.74) is 5.68. The van der Waals surface area contributed by atoms with Crippen molar-refractivity contribution in [2.75, 3.05) is 19.8 Å². The standard InChI is InChI=1S/C20H30F2N2O5/c1-5-27-17-10-24(19(26)29-20(2,3)4)16(11-28-17)18(25)15(23)8-12-6-13(21)9-14(22)7-12/h6-7,9,15-18,25H,5,8,10-11,23H2,1-4H3/t15-,16?,17?,18-/m0/s1. The van der Waals surface area contributed by atoms with Crippen molar-refractivity contribution in [3.8, 4) is 0 Å². The zero-order valence-corrected chi connectivity index (χ0v) is 17.2. The maximum Gasteiger partial charge on any atom is 0.410 e. The zero-order valence-electron chi connectivity index (χ0n) is 17.2. The second-order valence-electron chi connectivity index (χ2n) is 8.05. The van der Waals surface area contributed by atoms with Crippen LogP contribution < -0.4 is 5.73 Å². The van der Waals surface area contributed by atoms with Gasteiger partial charge in [0, 0.05) is 18.7 Å². The number of aliphatic hydroxyl groups excluding tert-OH is 1. The molecule has 164 valence electrons. The van der Waals surface area contributed by atoms with Gasteiger partial charge in [-0.3, -0.25) is 4.90 Å². The quantitative estimate of drug-likeness (QED) is 0.738. The van der Waals surface area contributed by atoms with Crippen molar-refractivity contribution in [2.45, 2.75) is 64.2 Å². The first-order chi connectivity index (χ1) is 13.5. The second kappa shape index (κ2) is 9.80. The van der Waals surface area contributed by atoms with E-state index in [1.165, 1.54) is 4.90 Å². The van der Waals surface area contributed by atoms with Gasteiger partial charge in [0.1, 0.15) is 17.2 Å². The predicted molar refractivity (Wildman–Crippen MR) is 102 cm³/mol. The summed E-state index contributed by atoms with van der Waals surface area (Å²) in [4.78, 5) is 14.0. The lowest BCUT2D eigenvalue weighted by Gasteiger charge is -2.42. The van der Waals surface area contributed by atoms with E-state index in [9.17, 15) is 18.7 Å². The van der Waals surface area contributed by atoms with Crippen molar-refractivity contribution in [3.63, 3.8) is 0 Å². The van der Waals surface area contributed by atoms with Crippen LogP contribution in [0.3, 0.4) is 0 Å². The SMILES string of the molecule is CCOC1CN(C(=O)OC(C)(C)C)C([C@@H](O)[C@@H](N)Cc2cc(F)cc(F)c2)CO1. The van der Waals surface area contributed by atoms with Crippen molar-refractivity contribution >= 4 is 6.09 Å². The molecule has 9 heteroatoms. The minimum absolute atomic E-state index is 0.0173. The molecule has 7 nitrogen and oxygen atoms in total. The second-order valence-corrected chi connectivity index (χ2v) is 8.05. The van der Waals surface area contributed by atoms with Gasteiger partial charge >= 0.3 is 6.09 Å². The van der Waals surface area contributed by atoms with E-state index in [2.05, 4.69) is 0 Å². The third kappa shape index (κ3) is 6.88. The molecule has 1 heterocycles. The van der Waals surface area contributed by atoms with Crippen LogP contribution in [0.2, 0.25) is 0 Å². The fourth-order valence-electron chi connectivity index (χ4n) is 3.15. The number of aliphatic hydroxyl groups is 1. The number of benzene rings is 1. The Morgan fingerprint density at radius 2 is 1.97 bits per heavy atom. The van der Waals surface area contributed by atoms with E-state index >= 15 is 0 Å². The van der Waals surface area contributed by atoms with Gasteiger partial charge in [-0.2, -0.15) is 0 Å². The molecule has 2 unspecified atom stereocenters. The molecule has 1 aliphatic heterocycles. The highest BCUT2D eigenvalue weighted by Crippen LogP contribution is 2.22. The summed E-state index contributed by atoms with van der Waals surface area (Å²) >= 11 is 0. The highest BCUT2D eigenvalue weighted by atomic mass is 19.1. The Morgan fingerprint density at radius 1 is 1.34 bits per heavy atom. The largest absolute Gasteiger partial charge is 0.444 e. The molecule has 0 radical (unpaired) electrons. The Balaban J connectivity index is 2.15. The molecule has 4 atom stereocenters. The summed E-state index contributed by atoms with van der Waals surface area (Å²) in [5, 5.41) is 10.8. The van der Waals surface area contributed by atoms with Gasteiger partial charge in [0.2, 0.25) is 0 Å². The molecule has 29 heavy (non-hydrogen) atoms. The minimum atomic E-state index is -1.21. The normalized spacial score (nSPS) is 22.3. The van der Waals surface area contributed by atoms with Gasteiger partial charge in [-0.05, 0) is 51.8 Å². The van der Waals surface area contributed by atoms with Crippen molar-refractivity contribution in [1.29, 1.82) is 0 Å². The first-order valence-corrected chi connectivity index (χ1v) is 9.61. The lowest BCUT2D eigenvalue weighted by molar-refractivity contribution is -0.200. The molecule has 3 N–H and O–H groups in total. The van der Waals surface area contributed by atoms with Gasteiger partial charge in [0.05, 0.1) is 25.3 Å². The summed E-state index contributed by atoms with van der Waals surface area (Å²) in [7, 11) is 0. The van der Waals surface area contributed by atoms with E-state index in [0.717, 1.165) is 18.2 Å². The van der Waals surface area contributed by atoms with E-state index in [-0.39, 0.29) is 19.6 Å². The summed E-state index contributed by atoms with van der Waals surface area (Å²) in [6.07, 6.45) is -2.47. The molecule has 0 spiro atoms. The molecule has 1 aromatic carbocycles. The van der Waals surface area contributed by atoms with Crippen LogP contribution in [0.1, 0.15) is 33.3 Å². The summed E-state index contributed by atoms with van der Waals surface area (Å²) in [6.45, 7) is 7.45. The lowest BCUT2D eigenvalue weighted by Crippen LogP contribution is -2.61. The molecule has 0 aliphatic carbocycles. The smallest absolute Gasteiger partial charge is 0.410 e. The number of rotatable bonds is 6. The average molecular weight is 416 g/mol. The Morgan fingerprint density at radius 3 is 2.52 bits per heavy atom. The first-order valence-electron chi connectivity index (χ1n) is 9.61. The van der Waals surface area contributed by atoms with Crippen LogP contribution in [0.25, 0.3) is 0 Å². The van der Waals surface area contributed by atoms with Crippen LogP contribution in [-0.4, -0.2) is 65.9 Å². The van der Waals surface area contributed by atoms with Crippen LogP contribution in [0.15, 0.2) is 18.2 Å². The highest BCUT2D eigenvalue weighted by molar-refractivity contribution is 5.69. The van der Waals surface area contributed by atoms with Crippen LogP contribution in [0.5, 0.6) is 0 Å². The van der Waals surface area contributed by atoms with Gasteiger partial charge in [0.25, 0.3) is 0 Å². The average Bonchev–Trinajstić information content (AvgIpc) is 2.59. The van der Waals surface area contributed by atoms with Crippen molar-refractivity contribution < 1.29 is 32.9 Å². The van der Waals surface area contributed by atoms with E-state index in [1.54, 1.807) is 27.7 Å². The molecule has 1 amide bonds. The van der Waals surface area contributed by atoms with E-state index < -0.39 is 47.8 Å². The highest BCUT2D eigenvalue weighted by Gasteiger charge is 2.40. The predicted octanol–water partition coefficient (Wildman–Crippen LogP) is 2.19. The van der Waals surface area contributed by atoms with Crippen LogP contribution in [0, 0.1) is 11.6 Å². The third-order valence-electron chi connectivity index (χ3n) is 4.41. The topological polar surface area (TPSA) is 94.2 Å². The zero-order chi connectivity index (χ0) is 21.8. The minimum Gasteiger partial charge on any atom is -0.444 e. The summed E-state index contributed by atoms with van der Waals surface area (Å²) in [5.74, 6) is -1.45. The molecular formula is C20H30F2N2O5. The molecule has 1 aliphatic rings. The fraction of sp³-hybridized carbons (Fsp3) is 0.650. The molecule has 1 saturated heterocycles. The molecule has 0 aromatic heterocycles. The monoisotopic (exact) mass is 416 g/mol. The van der Waals surface area contributed by atoms with E-state index in [4.69, 9.17) is 19.9 Å². The van der Waals surface area contributed by atoms with Crippen LogP contribution in [-0.2, 0) is 20.6 Å². The van der Waals surface area contributed by atoms with E-state index in [0.29, 0.717) is 12.2 Å². The van der Waals surface area contributed by atoms with Gasteiger partial charge in [-0.15, -0.1) is 0 Å². The van der Waals surface area contributed by atoms with Crippen molar-refractivity contribution in [1.82, 2.24) is 4.90 Å². The number of hydrogen-bond donors (Lipinski definition) is 2. The van der Waals surface area contributed by atoms with Crippen molar-refractivity contribution in [2.24, 2.45) is 5.73 Å². The molecule has 1 aromatic rings. The Labute approximate surface area is 169 Å². The molecule has 2 rings (SSSR count). The number of hydrogen-bond acceptors (Lipinski definition) is 6. The molecule has 0 saturated carbocycles. The molecular weight excluding hydrogens is 386 g/mol. The van der Waals surface area contributed by atoms with Gasteiger partial charge in [-0.1, -0.05) is 0 Å². The van der Waals surface area contributed by atoms with Gasteiger partial charge < -0.3 is 25.1 Å². The number of ether oxygens (including phenoxy) is 3. The maximum atomic E-state index is 13.4. The number of carbonyl (C=O) groups excluding carboxylic acids is 1. The number of halogens is 2. The number of nitrogens with two attached hydrogens (primary N) is 1. The Kier molecular flexibility index (Phi) is 7.93. The third-order valence-corrected chi connectivity index (χ3v) is 4.41. The Hall–Kier alpha value is -1.81. The van der Waals surface area contributed by atoms with E-state index in [1.807, 2.05) is 0 Å². The fourth-order valence-corrected chi connectivity index (χ4v) is 3.15. The number of nitrogens with zero attached hydrogens (tertiary/aromatic N) is 1. The van der Waals surface area contributed by atoms with Crippen LogP contribution >= 0.6 is 0 Å². The summed E-state index contributed by atoms with van der Waals surface area (Å²) < 4.78 is 43.3. The Bertz CT molecular complexity index is 678. The van der Waals surface area contributed by atoms with Crippen molar-refractivity contribution in [3.05, 3.63) is 35.4 Å². The van der Waals surface area contributed by atoms with Crippen LogP contribution in [0.4, 0.5) is 13.6 Å².